The largest absolute Gasteiger partial charge is 0.370 e. The van der Waals surface area contributed by atoms with Crippen LogP contribution in [-0.2, 0) is 4.79 Å². The van der Waals surface area contributed by atoms with Crippen LogP contribution in [0.4, 0.5) is 0 Å². The van der Waals surface area contributed by atoms with Crippen LogP contribution >= 0.6 is 0 Å². The number of hydrogen-bond donors (Lipinski definition) is 3. The Hall–Kier alpha value is -1.26. The first-order valence-corrected chi connectivity index (χ1v) is 7.60. The van der Waals surface area contributed by atoms with E-state index in [0.717, 1.165) is 12.8 Å². The summed E-state index contributed by atoms with van der Waals surface area (Å²) >= 11 is 0. The second-order valence-corrected chi connectivity index (χ2v) is 5.67. The summed E-state index contributed by atoms with van der Waals surface area (Å²) in [6, 6.07) is 0.479. The molecule has 2 rings (SSSR count). The van der Waals surface area contributed by atoms with E-state index >= 15 is 0 Å². The topological polar surface area (TPSA) is 79.5 Å². The lowest BCUT2D eigenvalue weighted by atomic mass is 10.1. The average molecular weight is 266 g/mol. The maximum absolute atomic E-state index is 11.4. The standard InChI is InChI=1S/C14H26N4O/c15-14(18-12-5-3-1-2-4-6-12)17-10-9-16-13(19)11-7-8-11/h11-12H,1-10H2,(H,16,19)(H3,15,17,18). The third-order valence-corrected chi connectivity index (χ3v) is 3.85. The Kier molecular flexibility index (Phi) is 5.48. The third kappa shape index (κ3) is 5.49. The number of amides is 1. The van der Waals surface area contributed by atoms with Gasteiger partial charge in [0.15, 0.2) is 5.96 Å². The Balaban J connectivity index is 1.59. The molecule has 0 saturated heterocycles. The van der Waals surface area contributed by atoms with Crippen molar-refractivity contribution in [1.82, 2.24) is 10.6 Å². The molecule has 5 heteroatoms. The molecule has 0 heterocycles. The number of guanidine groups is 1. The fourth-order valence-corrected chi connectivity index (χ4v) is 2.52. The van der Waals surface area contributed by atoms with Crippen molar-refractivity contribution in [2.75, 3.05) is 13.1 Å². The Morgan fingerprint density at radius 1 is 1.11 bits per heavy atom. The highest BCUT2D eigenvalue weighted by Crippen LogP contribution is 2.28. The van der Waals surface area contributed by atoms with Crippen LogP contribution in [0.5, 0.6) is 0 Å². The van der Waals surface area contributed by atoms with Gasteiger partial charge in [0.2, 0.25) is 5.91 Å². The maximum atomic E-state index is 11.4. The van der Waals surface area contributed by atoms with E-state index in [1.54, 1.807) is 0 Å². The molecular weight excluding hydrogens is 240 g/mol. The molecule has 2 aliphatic rings. The summed E-state index contributed by atoms with van der Waals surface area (Å²) < 4.78 is 0. The minimum atomic E-state index is 0.172. The minimum absolute atomic E-state index is 0.172. The predicted octanol–water partition coefficient (Wildman–Crippen LogP) is 1.14. The fraction of sp³-hybridized carbons (Fsp3) is 0.857. The summed E-state index contributed by atoms with van der Waals surface area (Å²) in [6.45, 7) is 1.15. The first-order valence-electron chi connectivity index (χ1n) is 7.60. The van der Waals surface area contributed by atoms with Crippen LogP contribution in [0, 0.1) is 5.92 Å². The molecule has 108 valence electrons. The molecule has 2 aliphatic carbocycles. The highest BCUT2D eigenvalue weighted by molar-refractivity contribution is 5.81. The van der Waals surface area contributed by atoms with Crippen LogP contribution in [0.2, 0.25) is 0 Å². The predicted molar refractivity (Wildman–Crippen MR) is 76.8 cm³/mol. The molecule has 19 heavy (non-hydrogen) atoms. The zero-order valence-electron chi connectivity index (χ0n) is 11.7. The summed E-state index contributed by atoms with van der Waals surface area (Å²) in [6.07, 6.45) is 9.69. The SMILES string of the molecule is NC(=NCCNC(=O)C1CC1)NC1CCCCCC1. The van der Waals surface area contributed by atoms with Gasteiger partial charge in [-0.25, -0.2) is 0 Å². The number of nitrogens with one attached hydrogen (secondary N) is 2. The van der Waals surface area contributed by atoms with E-state index in [4.69, 9.17) is 5.73 Å². The number of carbonyl (C=O) groups is 1. The van der Waals surface area contributed by atoms with Crippen LogP contribution in [0.1, 0.15) is 51.4 Å². The second-order valence-electron chi connectivity index (χ2n) is 5.67. The van der Waals surface area contributed by atoms with Crippen molar-refractivity contribution in [2.24, 2.45) is 16.6 Å². The summed E-state index contributed by atoms with van der Waals surface area (Å²) in [5.74, 6) is 0.962. The highest BCUT2D eigenvalue weighted by atomic mass is 16.2. The molecule has 2 saturated carbocycles. The van der Waals surface area contributed by atoms with Crippen LogP contribution in [-0.4, -0.2) is 31.0 Å². The molecule has 0 atom stereocenters. The van der Waals surface area contributed by atoms with Gasteiger partial charge in [-0.1, -0.05) is 25.7 Å². The van der Waals surface area contributed by atoms with Gasteiger partial charge < -0.3 is 16.4 Å². The van der Waals surface area contributed by atoms with Gasteiger partial charge in [0.05, 0.1) is 6.54 Å². The Morgan fingerprint density at radius 3 is 2.42 bits per heavy atom. The van der Waals surface area contributed by atoms with E-state index in [9.17, 15) is 4.79 Å². The molecule has 5 nitrogen and oxygen atoms in total. The van der Waals surface area contributed by atoms with Crippen LogP contribution in [0.3, 0.4) is 0 Å². The van der Waals surface area contributed by atoms with Crippen LogP contribution in [0.25, 0.3) is 0 Å². The Bertz CT molecular complexity index is 317. The molecule has 1 amide bonds. The molecule has 0 radical (unpaired) electrons. The normalized spacial score (nSPS) is 21.8. The number of hydrogen-bond acceptors (Lipinski definition) is 2. The van der Waals surface area contributed by atoms with E-state index in [1.807, 2.05) is 0 Å². The fourth-order valence-electron chi connectivity index (χ4n) is 2.52. The van der Waals surface area contributed by atoms with E-state index < -0.39 is 0 Å². The second kappa shape index (κ2) is 7.36. The van der Waals surface area contributed by atoms with Gasteiger partial charge in [0.1, 0.15) is 0 Å². The summed E-state index contributed by atoms with van der Waals surface area (Å²) in [7, 11) is 0. The first kappa shape index (κ1) is 14.2. The molecule has 0 bridgehead atoms. The van der Waals surface area contributed by atoms with Gasteiger partial charge in [0.25, 0.3) is 0 Å². The summed E-state index contributed by atoms with van der Waals surface area (Å²) in [5, 5.41) is 6.18. The molecule has 2 fully saturated rings. The summed E-state index contributed by atoms with van der Waals surface area (Å²) in [5.41, 5.74) is 5.87. The Labute approximate surface area is 115 Å². The molecule has 0 aromatic heterocycles. The van der Waals surface area contributed by atoms with Crippen molar-refractivity contribution < 1.29 is 4.79 Å². The average Bonchev–Trinajstić information content (AvgIpc) is 3.21. The molecule has 0 aliphatic heterocycles. The Morgan fingerprint density at radius 2 is 1.79 bits per heavy atom. The monoisotopic (exact) mass is 266 g/mol. The highest BCUT2D eigenvalue weighted by Gasteiger charge is 2.28. The number of carbonyl (C=O) groups excluding carboxylic acids is 1. The first-order chi connectivity index (χ1) is 9.25. The summed E-state index contributed by atoms with van der Waals surface area (Å²) in [4.78, 5) is 15.7. The number of nitrogens with zero attached hydrogens (tertiary/aromatic N) is 1. The van der Waals surface area contributed by atoms with Gasteiger partial charge in [-0.2, -0.15) is 0 Å². The van der Waals surface area contributed by atoms with Gasteiger partial charge >= 0.3 is 0 Å². The number of aliphatic imine (C=N–C) groups is 1. The van der Waals surface area contributed by atoms with Crippen LogP contribution < -0.4 is 16.4 Å². The quantitative estimate of drug-likeness (QED) is 0.302. The smallest absolute Gasteiger partial charge is 0.223 e. The maximum Gasteiger partial charge on any atom is 0.223 e. The molecule has 0 unspecified atom stereocenters. The number of nitrogens with two attached hydrogens (primary N) is 1. The zero-order valence-corrected chi connectivity index (χ0v) is 11.7. The molecular formula is C14H26N4O. The molecule has 4 N–H and O–H groups in total. The molecule has 0 aromatic carbocycles. The van der Waals surface area contributed by atoms with E-state index in [1.165, 1.54) is 38.5 Å². The molecule has 0 spiro atoms. The minimum Gasteiger partial charge on any atom is -0.370 e. The van der Waals surface area contributed by atoms with Gasteiger partial charge in [-0.3, -0.25) is 9.79 Å². The van der Waals surface area contributed by atoms with E-state index in [-0.39, 0.29) is 11.8 Å². The zero-order chi connectivity index (χ0) is 13.5. The molecule has 0 aromatic rings. The lowest BCUT2D eigenvalue weighted by Crippen LogP contribution is -2.40. The number of rotatable bonds is 5. The van der Waals surface area contributed by atoms with Crippen molar-refractivity contribution in [3.8, 4) is 0 Å². The van der Waals surface area contributed by atoms with E-state index in [2.05, 4.69) is 15.6 Å². The third-order valence-electron chi connectivity index (χ3n) is 3.85. The van der Waals surface area contributed by atoms with Crippen LogP contribution in [0.15, 0.2) is 4.99 Å². The van der Waals surface area contributed by atoms with Crippen molar-refractivity contribution in [1.29, 1.82) is 0 Å². The lowest BCUT2D eigenvalue weighted by molar-refractivity contribution is -0.122. The van der Waals surface area contributed by atoms with Gasteiger partial charge in [-0.05, 0) is 25.7 Å². The van der Waals surface area contributed by atoms with E-state index in [0.29, 0.717) is 25.1 Å². The lowest BCUT2D eigenvalue weighted by Gasteiger charge is -2.16. The van der Waals surface area contributed by atoms with Crippen molar-refractivity contribution >= 4 is 11.9 Å². The van der Waals surface area contributed by atoms with Crippen molar-refractivity contribution in [3.63, 3.8) is 0 Å². The van der Waals surface area contributed by atoms with Crippen molar-refractivity contribution in [3.05, 3.63) is 0 Å². The van der Waals surface area contributed by atoms with Crippen molar-refractivity contribution in [2.45, 2.75) is 57.4 Å². The van der Waals surface area contributed by atoms with Gasteiger partial charge in [-0.15, -0.1) is 0 Å². The van der Waals surface area contributed by atoms with Gasteiger partial charge in [0, 0.05) is 18.5 Å².